The van der Waals surface area contributed by atoms with Crippen molar-refractivity contribution >= 4 is 10.1 Å². The average molecular weight is 273 g/mol. The molecule has 0 bridgehead atoms. The number of allylic oxidation sites excluding steroid dienone is 2. The first-order valence-corrected chi connectivity index (χ1v) is 6.80. The minimum atomic E-state index is -4.07. The minimum absolute atomic E-state index is 0.0425. The van der Waals surface area contributed by atoms with Crippen LogP contribution in [0.1, 0.15) is 19.8 Å². The summed E-state index contributed by atoms with van der Waals surface area (Å²) < 4.78 is 28.8. The summed E-state index contributed by atoms with van der Waals surface area (Å²) in [5, 5.41) is 12.0. The van der Waals surface area contributed by atoms with Crippen LogP contribution in [0.5, 0.6) is 0 Å². The Balaban J connectivity index is 2.99. The lowest BCUT2D eigenvalue weighted by Crippen LogP contribution is -2.36. The van der Waals surface area contributed by atoms with Gasteiger partial charge in [0.2, 0.25) is 0 Å². The van der Waals surface area contributed by atoms with Crippen molar-refractivity contribution in [1.82, 2.24) is 0 Å². The highest BCUT2D eigenvalue weighted by Gasteiger charge is 2.42. The number of aliphatic hydroxyl groups is 1. The van der Waals surface area contributed by atoms with Crippen molar-refractivity contribution in [3.8, 4) is 0 Å². The first-order valence-electron chi connectivity index (χ1n) is 5.39. The second-order valence-electron chi connectivity index (χ2n) is 3.87. The second kappa shape index (κ2) is 6.01. The molecule has 0 fully saturated rings. The van der Waals surface area contributed by atoms with Crippen LogP contribution in [0.3, 0.4) is 0 Å². The Kier molecular flexibility index (Phi) is 4.92. The molecule has 0 heterocycles. The monoisotopic (exact) mass is 273 g/mol. The number of hydrogen-bond donors (Lipinski definition) is 1. The molecule has 0 spiro atoms. The van der Waals surface area contributed by atoms with Gasteiger partial charge in [-0.05, 0) is 25.3 Å². The molecule has 0 unspecified atom stereocenters. The van der Waals surface area contributed by atoms with Crippen molar-refractivity contribution in [2.75, 3.05) is 13.2 Å². The number of nitrogens with zero attached hydrogens (tertiary/aromatic N) is 3. The average Bonchev–Trinajstić information content (AvgIpc) is 2.32. The summed E-state index contributed by atoms with van der Waals surface area (Å²) in [6, 6.07) is 0. The summed E-state index contributed by atoms with van der Waals surface area (Å²) in [4.78, 5) is 0.862. The van der Waals surface area contributed by atoms with Crippen LogP contribution in [0, 0.1) is 0 Å². The predicted molar refractivity (Wildman–Crippen MR) is 66.0 cm³/mol. The molecule has 0 amide bonds. The molecule has 1 aliphatic carbocycles. The minimum Gasteiger partial charge on any atom is -0.396 e. The summed E-state index contributed by atoms with van der Waals surface area (Å²) in [7, 11) is -4.07. The summed E-state index contributed by atoms with van der Waals surface area (Å²) in [5.74, 6) is 0. The molecule has 0 aromatic heterocycles. The molecule has 7 nitrogen and oxygen atoms in total. The van der Waals surface area contributed by atoms with Gasteiger partial charge in [-0.15, -0.1) is 0 Å². The summed E-state index contributed by atoms with van der Waals surface area (Å²) in [6.45, 7) is 1.51. The molecule has 0 saturated heterocycles. The molecule has 8 heteroatoms. The SMILES string of the molecule is CC1=CC[C@@](N=[N+]=[N-])(S(=O)(=O)OCCCO)C=C1. The van der Waals surface area contributed by atoms with Crippen molar-refractivity contribution in [1.29, 1.82) is 0 Å². The Morgan fingerprint density at radius 3 is 2.89 bits per heavy atom. The van der Waals surface area contributed by atoms with Crippen molar-refractivity contribution in [2.24, 2.45) is 5.11 Å². The van der Waals surface area contributed by atoms with Gasteiger partial charge in [0.25, 0.3) is 10.1 Å². The summed E-state index contributed by atoms with van der Waals surface area (Å²) in [5.41, 5.74) is 9.42. The van der Waals surface area contributed by atoms with E-state index in [1.54, 1.807) is 12.2 Å². The van der Waals surface area contributed by atoms with Gasteiger partial charge < -0.3 is 5.11 Å². The van der Waals surface area contributed by atoms with E-state index in [9.17, 15) is 8.42 Å². The fourth-order valence-electron chi connectivity index (χ4n) is 1.43. The second-order valence-corrected chi connectivity index (χ2v) is 5.72. The van der Waals surface area contributed by atoms with E-state index in [1.807, 2.05) is 6.92 Å². The molecular formula is C10H15N3O4S. The maximum atomic E-state index is 12.0. The van der Waals surface area contributed by atoms with Gasteiger partial charge in [-0.3, -0.25) is 4.18 Å². The first-order chi connectivity index (χ1) is 8.47. The van der Waals surface area contributed by atoms with Crippen LogP contribution < -0.4 is 0 Å². The Labute approximate surface area is 106 Å². The van der Waals surface area contributed by atoms with Gasteiger partial charge in [0.15, 0.2) is 4.87 Å². The van der Waals surface area contributed by atoms with E-state index >= 15 is 0 Å². The molecule has 0 saturated carbocycles. The van der Waals surface area contributed by atoms with E-state index in [4.69, 9.17) is 14.8 Å². The Morgan fingerprint density at radius 1 is 1.67 bits per heavy atom. The Bertz CT molecular complexity index is 505. The van der Waals surface area contributed by atoms with E-state index in [0.717, 1.165) is 5.57 Å². The van der Waals surface area contributed by atoms with E-state index in [1.165, 1.54) is 6.08 Å². The van der Waals surface area contributed by atoms with Crippen LogP contribution in [-0.2, 0) is 14.3 Å². The molecule has 0 aliphatic heterocycles. The van der Waals surface area contributed by atoms with Crippen LogP contribution >= 0.6 is 0 Å². The Hall–Kier alpha value is -1.34. The molecular weight excluding hydrogens is 258 g/mol. The predicted octanol–water partition coefficient (Wildman–Crippen LogP) is 1.63. The van der Waals surface area contributed by atoms with E-state index in [2.05, 4.69) is 10.0 Å². The van der Waals surface area contributed by atoms with E-state index in [0.29, 0.717) is 0 Å². The molecule has 1 rings (SSSR count). The lowest BCUT2D eigenvalue weighted by molar-refractivity contribution is 0.232. The lowest BCUT2D eigenvalue weighted by Gasteiger charge is -2.25. The number of hydrogen-bond acceptors (Lipinski definition) is 5. The molecule has 0 radical (unpaired) electrons. The highest BCUT2D eigenvalue weighted by molar-refractivity contribution is 7.88. The highest BCUT2D eigenvalue weighted by atomic mass is 32.2. The van der Waals surface area contributed by atoms with E-state index < -0.39 is 15.0 Å². The Morgan fingerprint density at radius 2 is 2.39 bits per heavy atom. The molecule has 100 valence electrons. The maximum Gasteiger partial charge on any atom is 0.283 e. The molecule has 18 heavy (non-hydrogen) atoms. The standard InChI is InChI=1S/C10H15N3O4S/c1-9-3-5-10(6-4-9,12-13-11)18(15,16)17-8-2-7-14/h3-5,14H,2,6-8H2,1H3/t10-/m0/s1. The van der Waals surface area contributed by atoms with Crippen molar-refractivity contribution < 1.29 is 17.7 Å². The van der Waals surface area contributed by atoms with Crippen LogP contribution in [-0.4, -0.2) is 31.6 Å². The van der Waals surface area contributed by atoms with Crippen LogP contribution in [0.4, 0.5) is 0 Å². The summed E-state index contributed by atoms with van der Waals surface area (Å²) in [6.07, 6.45) is 4.81. The molecule has 1 aliphatic rings. The van der Waals surface area contributed by atoms with Gasteiger partial charge in [-0.2, -0.15) is 8.42 Å². The molecule has 1 N–H and O–H groups in total. The van der Waals surface area contributed by atoms with Crippen molar-refractivity contribution in [3.63, 3.8) is 0 Å². The zero-order chi connectivity index (χ0) is 13.6. The highest BCUT2D eigenvalue weighted by Crippen LogP contribution is 2.32. The van der Waals surface area contributed by atoms with Gasteiger partial charge in [-0.1, -0.05) is 28.9 Å². The quantitative estimate of drug-likeness (QED) is 0.260. The van der Waals surface area contributed by atoms with Crippen LogP contribution in [0.2, 0.25) is 0 Å². The molecule has 1 atom stereocenters. The van der Waals surface area contributed by atoms with E-state index in [-0.39, 0.29) is 26.1 Å². The smallest absolute Gasteiger partial charge is 0.283 e. The van der Waals surface area contributed by atoms with Crippen LogP contribution in [0.15, 0.2) is 28.9 Å². The fraction of sp³-hybridized carbons (Fsp3) is 0.600. The number of azide groups is 1. The van der Waals surface area contributed by atoms with Gasteiger partial charge >= 0.3 is 0 Å². The largest absolute Gasteiger partial charge is 0.396 e. The third kappa shape index (κ3) is 3.11. The van der Waals surface area contributed by atoms with Gasteiger partial charge in [0.1, 0.15) is 0 Å². The zero-order valence-corrected chi connectivity index (χ0v) is 10.8. The fourth-order valence-corrected chi connectivity index (χ4v) is 2.63. The third-order valence-corrected chi connectivity index (χ3v) is 4.24. The lowest BCUT2D eigenvalue weighted by atomic mass is 10.0. The first kappa shape index (κ1) is 14.7. The number of aliphatic hydroxyl groups excluding tert-OH is 1. The number of rotatable bonds is 6. The van der Waals surface area contributed by atoms with Gasteiger partial charge in [-0.25, -0.2) is 0 Å². The van der Waals surface area contributed by atoms with Crippen LogP contribution in [0.25, 0.3) is 10.4 Å². The normalized spacial score (nSPS) is 23.3. The topological polar surface area (TPSA) is 112 Å². The third-order valence-electron chi connectivity index (χ3n) is 2.51. The maximum absolute atomic E-state index is 12.0. The molecule has 0 aromatic rings. The van der Waals surface area contributed by atoms with Crippen molar-refractivity contribution in [3.05, 3.63) is 34.2 Å². The summed E-state index contributed by atoms with van der Waals surface area (Å²) >= 11 is 0. The zero-order valence-electron chi connectivity index (χ0n) is 9.98. The molecule has 0 aromatic carbocycles. The van der Waals surface area contributed by atoms with Gasteiger partial charge in [0.05, 0.1) is 6.61 Å². The van der Waals surface area contributed by atoms with Gasteiger partial charge in [0, 0.05) is 11.5 Å². The van der Waals surface area contributed by atoms with Crippen molar-refractivity contribution in [2.45, 2.75) is 24.6 Å².